The molecule has 2 aromatic heterocycles. The van der Waals surface area contributed by atoms with E-state index in [9.17, 15) is 4.79 Å². The van der Waals surface area contributed by atoms with E-state index in [0.29, 0.717) is 36.1 Å². The third-order valence-electron chi connectivity index (χ3n) is 5.44. The molecule has 7 nitrogen and oxygen atoms in total. The van der Waals surface area contributed by atoms with Gasteiger partial charge in [0.2, 0.25) is 0 Å². The molecule has 0 saturated carbocycles. The molecule has 1 aliphatic heterocycles. The van der Waals surface area contributed by atoms with Crippen molar-refractivity contribution in [1.82, 2.24) is 19.1 Å². The molecular weight excluding hydrogens is 376 g/mol. The average molecular weight is 398 g/mol. The molecule has 1 aliphatic rings. The Hall–Kier alpha value is -3.87. The van der Waals surface area contributed by atoms with Crippen molar-refractivity contribution in [2.24, 2.45) is 4.99 Å². The summed E-state index contributed by atoms with van der Waals surface area (Å²) in [6, 6.07) is 16.4. The van der Waals surface area contributed by atoms with E-state index in [4.69, 9.17) is 0 Å². The molecule has 150 valence electrons. The van der Waals surface area contributed by atoms with Gasteiger partial charge in [-0.3, -0.25) is 4.57 Å². The van der Waals surface area contributed by atoms with Crippen LogP contribution >= 0.6 is 0 Å². The highest BCUT2D eigenvalue weighted by Crippen LogP contribution is 2.34. The fraction of sp³-hybridized carbons (Fsp3) is 0.174. The van der Waals surface area contributed by atoms with Gasteiger partial charge < -0.3 is 14.9 Å². The molecule has 0 atom stereocenters. The molecule has 0 fully saturated rings. The lowest BCUT2D eigenvalue weighted by Crippen LogP contribution is -2.19. The van der Waals surface area contributed by atoms with Gasteiger partial charge in [-0.1, -0.05) is 54.1 Å². The predicted molar refractivity (Wildman–Crippen MR) is 119 cm³/mol. The summed E-state index contributed by atoms with van der Waals surface area (Å²) in [7, 11) is 0. The first-order chi connectivity index (χ1) is 14.6. The minimum Gasteiger partial charge on any atom is -0.330 e. The Bertz CT molecular complexity index is 1320. The number of rotatable bonds is 4. The molecule has 0 radical (unpaired) electrons. The number of aryl methyl sites for hydroxylation is 2. The maximum absolute atomic E-state index is 12.7. The monoisotopic (exact) mass is 398 g/mol. The highest BCUT2D eigenvalue weighted by Gasteiger charge is 2.23. The van der Waals surface area contributed by atoms with E-state index in [1.165, 1.54) is 11.1 Å². The second-order valence-electron chi connectivity index (χ2n) is 7.60. The van der Waals surface area contributed by atoms with Gasteiger partial charge in [-0.15, -0.1) is 0 Å². The zero-order valence-corrected chi connectivity index (χ0v) is 16.9. The predicted octanol–water partition coefficient (Wildman–Crippen LogP) is 3.84. The second kappa shape index (κ2) is 7.18. The number of aromatic amines is 1. The molecule has 5 rings (SSSR count). The summed E-state index contributed by atoms with van der Waals surface area (Å²) in [4.78, 5) is 24.9. The number of nitrogens with one attached hydrogen (secondary N) is 2. The van der Waals surface area contributed by atoms with Crippen LogP contribution in [0.25, 0.3) is 11.4 Å². The number of nitrogens with zero attached hydrogens (tertiary/aromatic N) is 4. The van der Waals surface area contributed by atoms with Crippen LogP contribution in [0, 0.1) is 13.8 Å². The fourth-order valence-corrected chi connectivity index (χ4v) is 3.86. The number of anilines is 1. The van der Waals surface area contributed by atoms with E-state index in [0.717, 1.165) is 11.1 Å². The second-order valence-corrected chi connectivity index (χ2v) is 7.60. The number of aromatic nitrogens is 4. The summed E-state index contributed by atoms with van der Waals surface area (Å²) in [6.07, 6.45) is 3.40. The first-order valence-corrected chi connectivity index (χ1v) is 9.87. The van der Waals surface area contributed by atoms with Crippen molar-refractivity contribution >= 4 is 18.0 Å². The van der Waals surface area contributed by atoms with E-state index >= 15 is 0 Å². The van der Waals surface area contributed by atoms with Gasteiger partial charge in [-0.05, 0) is 30.5 Å². The average Bonchev–Trinajstić information content (AvgIpc) is 3.19. The van der Waals surface area contributed by atoms with Crippen LogP contribution in [-0.4, -0.2) is 25.4 Å². The van der Waals surface area contributed by atoms with E-state index in [-0.39, 0.29) is 5.69 Å². The summed E-state index contributed by atoms with van der Waals surface area (Å²) in [5.41, 5.74) is 5.79. The van der Waals surface area contributed by atoms with Crippen molar-refractivity contribution in [1.29, 1.82) is 0 Å². The number of imidazole rings is 2. The summed E-state index contributed by atoms with van der Waals surface area (Å²) >= 11 is 0. The van der Waals surface area contributed by atoms with Crippen molar-refractivity contribution in [2.45, 2.75) is 26.9 Å². The maximum Gasteiger partial charge on any atom is 0.327 e. The first-order valence-electron chi connectivity index (χ1n) is 9.87. The fourth-order valence-electron chi connectivity index (χ4n) is 3.86. The number of aliphatic imine (C=N–C) groups is 1. The molecule has 0 spiro atoms. The van der Waals surface area contributed by atoms with Crippen LogP contribution < -0.4 is 11.0 Å². The SMILES string of the molecule is Cc1cccc(Cn2c3c([nH]c2=O)-c2ncn(Cc4ccccc4C)c2N=CN3)c1. The van der Waals surface area contributed by atoms with Crippen molar-refractivity contribution in [3.05, 3.63) is 87.6 Å². The Morgan fingerprint density at radius 3 is 2.73 bits per heavy atom. The normalized spacial score (nSPS) is 12.2. The molecule has 0 amide bonds. The number of hydrogen-bond donors (Lipinski definition) is 2. The van der Waals surface area contributed by atoms with E-state index in [1.807, 2.05) is 41.8 Å². The number of fused-ring (bicyclic) bond motifs is 3. The van der Waals surface area contributed by atoms with Crippen LogP contribution in [0.3, 0.4) is 0 Å². The van der Waals surface area contributed by atoms with Gasteiger partial charge >= 0.3 is 5.69 Å². The van der Waals surface area contributed by atoms with Crippen molar-refractivity contribution in [3.63, 3.8) is 0 Å². The third kappa shape index (κ3) is 3.14. The van der Waals surface area contributed by atoms with Crippen LogP contribution in [0.2, 0.25) is 0 Å². The van der Waals surface area contributed by atoms with Crippen LogP contribution in [-0.2, 0) is 13.1 Å². The molecule has 4 aromatic rings. The lowest BCUT2D eigenvalue weighted by Gasteiger charge is -2.08. The summed E-state index contributed by atoms with van der Waals surface area (Å²) < 4.78 is 3.69. The minimum atomic E-state index is -0.177. The summed E-state index contributed by atoms with van der Waals surface area (Å²) in [5.74, 6) is 1.39. The van der Waals surface area contributed by atoms with Gasteiger partial charge in [0.1, 0.15) is 17.2 Å². The molecule has 0 unspecified atom stereocenters. The summed E-state index contributed by atoms with van der Waals surface area (Å²) in [6.45, 7) is 5.27. The number of hydrogen-bond acceptors (Lipinski definition) is 4. The van der Waals surface area contributed by atoms with Gasteiger partial charge in [-0.25, -0.2) is 14.8 Å². The number of H-pyrrole nitrogens is 1. The van der Waals surface area contributed by atoms with Crippen molar-refractivity contribution in [2.75, 3.05) is 5.32 Å². The molecule has 7 heteroatoms. The molecule has 0 bridgehead atoms. The topological polar surface area (TPSA) is 80.0 Å². The van der Waals surface area contributed by atoms with Gasteiger partial charge in [-0.2, -0.15) is 0 Å². The van der Waals surface area contributed by atoms with E-state index in [1.54, 1.807) is 17.2 Å². The Labute approximate surface area is 173 Å². The van der Waals surface area contributed by atoms with Gasteiger partial charge in [0.15, 0.2) is 5.82 Å². The molecule has 2 aromatic carbocycles. The summed E-state index contributed by atoms with van der Waals surface area (Å²) in [5, 5.41) is 3.17. The molecule has 30 heavy (non-hydrogen) atoms. The Morgan fingerprint density at radius 2 is 1.90 bits per heavy atom. The molecule has 2 N–H and O–H groups in total. The lowest BCUT2D eigenvalue weighted by molar-refractivity contribution is 0.770. The highest BCUT2D eigenvalue weighted by atomic mass is 16.1. The number of benzene rings is 2. The van der Waals surface area contributed by atoms with Crippen LogP contribution in [0.4, 0.5) is 11.6 Å². The minimum absolute atomic E-state index is 0.177. The standard InChI is InChI=1S/C23H22N6O/c1-15-6-5-8-17(10-15)11-29-22-20(27-23(29)30)19-21(24-13-25-22)28(14-26-19)12-18-9-4-3-7-16(18)2/h3-10,13-14H,11-12H2,1-2H3,(H,24,25)(H,27,30). The maximum atomic E-state index is 12.7. The van der Waals surface area contributed by atoms with E-state index in [2.05, 4.69) is 45.4 Å². The highest BCUT2D eigenvalue weighted by molar-refractivity contribution is 5.90. The molecule has 0 aliphatic carbocycles. The van der Waals surface area contributed by atoms with Crippen molar-refractivity contribution < 1.29 is 0 Å². The molecule has 0 saturated heterocycles. The van der Waals surface area contributed by atoms with Crippen LogP contribution in [0.1, 0.15) is 22.3 Å². The zero-order valence-electron chi connectivity index (χ0n) is 16.9. The van der Waals surface area contributed by atoms with E-state index < -0.39 is 0 Å². The zero-order chi connectivity index (χ0) is 20.7. The lowest BCUT2D eigenvalue weighted by atomic mass is 10.1. The van der Waals surface area contributed by atoms with Gasteiger partial charge in [0.25, 0.3) is 0 Å². The van der Waals surface area contributed by atoms with Gasteiger partial charge in [0.05, 0.1) is 25.8 Å². The van der Waals surface area contributed by atoms with Crippen LogP contribution in [0.5, 0.6) is 0 Å². The Kier molecular flexibility index (Phi) is 4.35. The smallest absolute Gasteiger partial charge is 0.327 e. The Balaban J connectivity index is 1.55. The quantitative estimate of drug-likeness (QED) is 0.548. The first kappa shape index (κ1) is 18.2. The largest absolute Gasteiger partial charge is 0.330 e. The Morgan fingerprint density at radius 1 is 1.03 bits per heavy atom. The third-order valence-corrected chi connectivity index (χ3v) is 5.44. The van der Waals surface area contributed by atoms with Gasteiger partial charge in [0, 0.05) is 0 Å². The molecule has 3 heterocycles. The van der Waals surface area contributed by atoms with Crippen LogP contribution in [0.15, 0.2) is 64.6 Å². The van der Waals surface area contributed by atoms with Crippen molar-refractivity contribution in [3.8, 4) is 11.4 Å². The molecular formula is C23H22N6O.